The molecule has 142 valence electrons. The molecule has 2 aliphatic heterocycles. The number of aliphatic hydroxyl groups is 7. The van der Waals surface area contributed by atoms with E-state index in [2.05, 4.69) is 0 Å². The van der Waals surface area contributed by atoms with E-state index < -0.39 is 68.0 Å². The van der Waals surface area contributed by atoms with Crippen molar-refractivity contribution in [1.82, 2.24) is 0 Å². The van der Waals surface area contributed by atoms with Gasteiger partial charge in [0.05, 0.1) is 13.2 Å². The van der Waals surface area contributed by atoms with E-state index in [9.17, 15) is 35.7 Å². The van der Waals surface area contributed by atoms with Crippen LogP contribution in [0.3, 0.4) is 0 Å². The van der Waals surface area contributed by atoms with Crippen molar-refractivity contribution in [1.29, 1.82) is 0 Å². The molecule has 24 heavy (non-hydrogen) atoms. The Morgan fingerprint density at radius 3 is 1.75 bits per heavy atom. The molecule has 0 aliphatic carbocycles. The average Bonchev–Trinajstić information content (AvgIpc) is 2.83. The third-order valence-electron chi connectivity index (χ3n) is 4.17. The molecule has 2 fully saturated rings. The van der Waals surface area contributed by atoms with Gasteiger partial charge in [-0.3, -0.25) is 0 Å². The van der Waals surface area contributed by atoms with Gasteiger partial charge < -0.3 is 54.7 Å². The smallest absolute Gasteiger partial charge is 0.186 e. The molecule has 2 heterocycles. The monoisotopic (exact) mass is 356 g/mol. The van der Waals surface area contributed by atoms with Gasteiger partial charge in [-0.2, -0.15) is 0 Å². The Hall–Kier alpha value is -0.440. The van der Waals surface area contributed by atoms with Crippen molar-refractivity contribution in [3.8, 4) is 0 Å². The number of hydrogen-bond donors (Lipinski definition) is 7. The molecule has 0 saturated carbocycles. The Morgan fingerprint density at radius 2 is 1.21 bits per heavy atom. The largest absolute Gasteiger partial charge is 0.394 e. The zero-order valence-corrected chi connectivity index (χ0v) is 13.0. The molecule has 10 atom stereocenters. The summed E-state index contributed by atoms with van der Waals surface area (Å²) >= 11 is 0. The number of hydrogen-bond acceptors (Lipinski definition) is 11. The van der Waals surface area contributed by atoms with Crippen molar-refractivity contribution in [2.75, 3.05) is 20.3 Å². The van der Waals surface area contributed by atoms with Gasteiger partial charge in [0.2, 0.25) is 0 Å². The third kappa shape index (κ3) is 3.86. The Bertz CT molecular complexity index is 394. The molecular weight excluding hydrogens is 332 g/mol. The Balaban J connectivity index is 2.00. The van der Waals surface area contributed by atoms with Gasteiger partial charge in [-0.25, -0.2) is 0 Å². The van der Waals surface area contributed by atoms with Crippen molar-refractivity contribution >= 4 is 0 Å². The molecule has 2 aliphatic rings. The van der Waals surface area contributed by atoms with Gasteiger partial charge >= 0.3 is 0 Å². The predicted octanol–water partition coefficient (Wildman–Crippen LogP) is -4.74. The molecule has 0 amide bonds. The lowest BCUT2D eigenvalue weighted by Crippen LogP contribution is -2.48. The molecule has 0 radical (unpaired) electrons. The lowest BCUT2D eigenvalue weighted by Gasteiger charge is -2.27. The molecule has 11 heteroatoms. The maximum Gasteiger partial charge on any atom is 0.186 e. The van der Waals surface area contributed by atoms with E-state index in [1.54, 1.807) is 0 Å². The molecule has 0 unspecified atom stereocenters. The molecular formula is C13H24O11. The summed E-state index contributed by atoms with van der Waals surface area (Å²) in [4.78, 5) is 0. The van der Waals surface area contributed by atoms with E-state index in [0.717, 1.165) is 0 Å². The number of methoxy groups -OCH3 is 1. The summed E-state index contributed by atoms with van der Waals surface area (Å²) in [5.41, 5.74) is 0. The summed E-state index contributed by atoms with van der Waals surface area (Å²) in [5, 5.41) is 68.0. The van der Waals surface area contributed by atoms with Crippen LogP contribution in [-0.2, 0) is 18.9 Å². The van der Waals surface area contributed by atoms with Crippen LogP contribution >= 0.6 is 0 Å². The van der Waals surface area contributed by atoms with Crippen LogP contribution in [0, 0.1) is 0 Å². The summed E-state index contributed by atoms with van der Waals surface area (Å²) in [6.45, 7) is -1.04. The van der Waals surface area contributed by atoms with E-state index >= 15 is 0 Å². The van der Waals surface area contributed by atoms with Crippen LogP contribution in [0.5, 0.6) is 0 Å². The summed E-state index contributed by atoms with van der Waals surface area (Å²) in [7, 11) is 1.28. The summed E-state index contributed by atoms with van der Waals surface area (Å²) < 4.78 is 20.5. The van der Waals surface area contributed by atoms with Crippen LogP contribution in [0.1, 0.15) is 0 Å². The van der Waals surface area contributed by atoms with E-state index in [1.807, 2.05) is 0 Å². The summed E-state index contributed by atoms with van der Waals surface area (Å²) in [6, 6.07) is 0. The van der Waals surface area contributed by atoms with Crippen LogP contribution in [0.15, 0.2) is 0 Å². The standard InChI is InChI=1S/C13H24O11/c1-21-12-10(19)7(16)5(24-12)3-22-13-11(20)9(18)8(17)6(15)4(2-14)23-13/h4-20H,2-3H2,1H3/t4-,5-,6-,7-,8+,9+,10+,11-,12+,13+/m1/s1. The average molecular weight is 356 g/mol. The maximum atomic E-state index is 9.98. The predicted molar refractivity (Wildman–Crippen MR) is 73.4 cm³/mol. The van der Waals surface area contributed by atoms with E-state index in [1.165, 1.54) is 7.11 Å². The Morgan fingerprint density at radius 1 is 0.708 bits per heavy atom. The molecule has 7 N–H and O–H groups in total. The third-order valence-corrected chi connectivity index (χ3v) is 4.17. The highest BCUT2D eigenvalue weighted by molar-refractivity contribution is 4.91. The van der Waals surface area contributed by atoms with Crippen molar-refractivity contribution in [2.45, 2.75) is 61.4 Å². The zero-order valence-electron chi connectivity index (χ0n) is 13.0. The zero-order chi connectivity index (χ0) is 18.0. The second-order valence-corrected chi connectivity index (χ2v) is 5.78. The van der Waals surface area contributed by atoms with E-state index in [-0.39, 0.29) is 6.61 Å². The van der Waals surface area contributed by atoms with Crippen molar-refractivity contribution in [2.24, 2.45) is 0 Å². The minimum absolute atomic E-state index is 0.350. The van der Waals surface area contributed by atoms with E-state index in [4.69, 9.17) is 18.9 Å². The molecule has 2 saturated heterocycles. The quantitative estimate of drug-likeness (QED) is 0.251. The highest BCUT2D eigenvalue weighted by Crippen LogP contribution is 2.25. The van der Waals surface area contributed by atoms with Gasteiger partial charge in [0.15, 0.2) is 12.6 Å². The molecule has 0 aromatic carbocycles. The van der Waals surface area contributed by atoms with Gasteiger partial charge in [0.1, 0.15) is 48.8 Å². The van der Waals surface area contributed by atoms with Gasteiger partial charge in [-0.15, -0.1) is 0 Å². The first kappa shape index (κ1) is 19.9. The van der Waals surface area contributed by atoms with Crippen molar-refractivity contribution in [3.63, 3.8) is 0 Å². The molecule has 0 aromatic rings. The van der Waals surface area contributed by atoms with Crippen LogP contribution in [-0.4, -0.2) is 117 Å². The molecule has 0 bridgehead atoms. The first-order valence-electron chi connectivity index (χ1n) is 7.46. The van der Waals surface area contributed by atoms with Gasteiger partial charge in [-0.1, -0.05) is 0 Å². The van der Waals surface area contributed by atoms with E-state index in [0.29, 0.717) is 0 Å². The van der Waals surface area contributed by atoms with Gasteiger partial charge in [0.25, 0.3) is 0 Å². The first-order valence-corrected chi connectivity index (χ1v) is 7.46. The topological polar surface area (TPSA) is 179 Å². The number of rotatable bonds is 5. The highest BCUT2D eigenvalue weighted by atomic mass is 16.7. The van der Waals surface area contributed by atoms with Gasteiger partial charge in [0, 0.05) is 7.11 Å². The van der Waals surface area contributed by atoms with Gasteiger partial charge in [-0.05, 0) is 0 Å². The number of aliphatic hydroxyl groups excluding tert-OH is 7. The molecule has 0 spiro atoms. The normalized spacial score (nSPS) is 50.0. The second-order valence-electron chi connectivity index (χ2n) is 5.78. The second kappa shape index (κ2) is 8.29. The summed E-state index contributed by atoms with van der Waals surface area (Å²) in [6.07, 6.45) is -14.4. The fourth-order valence-corrected chi connectivity index (χ4v) is 2.64. The molecule has 2 rings (SSSR count). The SMILES string of the molecule is CO[C@H]1O[C@H](CO[C@H]2O[C@H](CO)[C@@H](O)[C@H](O)[C@H](O)[C@H]2O)[C@@H](O)[C@@H]1O. The maximum absolute atomic E-state index is 9.98. The molecule has 0 aromatic heterocycles. The van der Waals surface area contributed by atoms with Crippen molar-refractivity contribution in [3.05, 3.63) is 0 Å². The minimum atomic E-state index is -1.78. The van der Waals surface area contributed by atoms with Crippen LogP contribution < -0.4 is 0 Å². The van der Waals surface area contributed by atoms with Crippen LogP contribution in [0.4, 0.5) is 0 Å². The molecule has 11 nitrogen and oxygen atoms in total. The Labute approximate surface area is 137 Å². The minimum Gasteiger partial charge on any atom is -0.394 e. The lowest BCUT2D eigenvalue weighted by molar-refractivity contribution is -0.247. The van der Waals surface area contributed by atoms with Crippen molar-refractivity contribution < 1.29 is 54.7 Å². The lowest BCUT2D eigenvalue weighted by atomic mass is 10.0. The van der Waals surface area contributed by atoms with Crippen LogP contribution in [0.25, 0.3) is 0 Å². The highest BCUT2D eigenvalue weighted by Gasteiger charge is 2.47. The van der Waals surface area contributed by atoms with Crippen LogP contribution in [0.2, 0.25) is 0 Å². The number of ether oxygens (including phenoxy) is 4. The fraction of sp³-hybridized carbons (Fsp3) is 1.00. The summed E-state index contributed by atoms with van der Waals surface area (Å²) in [5.74, 6) is 0. The fourth-order valence-electron chi connectivity index (χ4n) is 2.64. The Kier molecular flexibility index (Phi) is 6.87. The first-order chi connectivity index (χ1) is 11.3.